The molecule has 23 heavy (non-hydrogen) atoms. The molecule has 0 atom stereocenters. The van der Waals surface area contributed by atoms with E-state index in [2.05, 4.69) is 30.3 Å². The van der Waals surface area contributed by atoms with Crippen molar-refractivity contribution >= 4 is 6.03 Å². The van der Waals surface area contributed by atoms with E-state index < -0.39 is 0 Å². The van der Waals surface area contributed by atoms with Crippen LogP contribution in [0.4, 0.5) is 4.79 Å². The Bertz CT molecular complexity index is 509. The summed E-state index contributed by atoms with van der Waals surface area (Å²) < 4.78 is 2.17. The second kappa shape index (κ2) is 8.29. The second-order valence-corrected chi connectivity index (χ2v) is 6.51. The molecule has 1 aromatic rings. The molecule has 7 nitrogen and oxygen atoms in total. The fourth-order valence-electron chi connectivity index (χ4n) is 3.41. The van der Waals surface area contributed by atoms with Crippen LogP contribution in [-0.4, -0.2) is 51.9 Å². The Morgan fingerprint density at radius 3 is 2.61 bits per heavy atom. The van der Waals surface area contributed by atoms with Gasteiger partial charge in [-0.1, -0.05) is 12.8 Å². The largest absolute Gasteiger partial charge is 0.337 e. The summed E-state index contributed by atoms with van der Waals surface area (Å²) in [7, 11) is 0. The number of urea groups is 1. The highest BCUT2D eigenvalue weighted by Gasteiger charge is 2.15. The van der Waals surface area contributed by atoms with E-state index in [0.29, 0.717) is 13.1 Å². The summed E-state index contributed by atoms with van der Waals surface area (Å²) in [6, 6.07) is -0.118. The number of aromatic nitrogens is 3. The Morgan fingerprint density at radius 2 is 1.74 bits per heavy atom. The Balaban J connectivity index is 1.38. The number of carbonyl (C=O) groups excluding carboxylic acids is 1. The second-order valence-electron chi connectivity index (χ2n) is 6.51. The van der Waals surface area contributed by atoms with E-state index in [4.69, 9.17) is 0 Å². The molecule has 7 heteroatoms. The average molecular weight is 320 g/mol. The molecule has 0 bridgehead atoms. The standard InChI is InChI=1S/C16H28N6O/c23-16(17-8-12-21-9-4-2-5-10-21)18-13-15-20-19-14-7-3-1-6-11-22(14)15/h1-13H2,(H2,17,18,23). The lowest BCUT2D eigenvalue weighted by Crippen LogP contribution is -2.41. The van der Waals surface area contributed by atoms with Crippen molar-refractivity contribution in [2.24, 2.45) is 0 Å². The molecule has 1 fully saturated rings. The van der Waals surface area contributed by atoms with Crippen LogP contribution in [0.3, 0.4) is 0 Å². The van der Waals surface area contributed by atoms with Crippen LogP contribution < -0.4 is 10.6 Å². The minimum Gasteiger partial charge on any atom is -0.337 e. The topological polar surface area (TPSA) is 75.1 Å². The molecule has 0 radical (unpaired) electrons. The first kappa shape index (κ1) is 16.2. The zero-order valence-corrected chi connectivity index (χ0v) is 13.9. The van der Waals surface area contributed by atoms with E-state index in [1.54, 1.807) is 0 Å². The number of piperidine rings is 1. The van der Waals surface area contributed by atoms with Crippen LogP contribution in [-0.2, 0) is 19.5 Å². The molecule has 0 aliphatic carbocycles. The molecular formula is C16H28N6O. The summed E-state index contributed by atoms with van der Waals surface area (Å²) >= 11 is 0. The monoisotopic (exact) mass is 320 g/mol. The van der Waals surface area contributed by atoms with Crippen molar-refractivity contribution in [1.29, 1.82) is 0 Å². The van der Waals surface area contributed by atoms with E-state index in [0.717, 1.165) is 44.2 Å². The maximum Gasteiger partial charge on any atom is 0.315 e. The fourth-order valence-corrected chi connectivity index (χ4v) is 3.41. The summed E-state index contributed by atoms with van der Waals surface area (Å²) in [6.07, 6.45) is 8.49. The van der Waals surface area contributed by atoms with Crippen molar-refractivity contribution in [3.8, 4) is 0 Å². The van der Waals surface area contributed by atoms with Crippen LogP contribution in [0.25, 0.3) is 0 Å². The molecule has 0 aromatic carbocycles. The number of fused-ring (bicyclic) bond motifs is 1. The molecular weight excluding hydrogens is 292 g/mol. The van der Waals surface area contributed by atoms with Gasteiger partial charge in [0, 0.05) is 26.1 Å². The van der Waals surface area contributed by atoms with Crippen LogP contribution in [0.15, 0.2) is 0 Å². The van der Waals surface area contributed by atoms with Crippen molar-refractivity contribution in [3.63, 3.8) is 0 Å². The predicted octanol–water partition coefficient (Wildman–Crippen LogP) is 1.29. The van der Waals surface area contributed by atoms with Crippen LogP contribution >= 0.6 is 0 Å². The van der Waals surface area contributed by atoms with Gasteiger partial charge in [-0.25, -0.2) is 4.79 Å². The molecule has 2 aliphatic heterocycles. The van der Waals surface area contributed by atoms with Gasteiger partial charge in [-0.05, 0) is 38.8 Å². The number of amides is 2. The molecule has 1 saturated heterocycles. The van der Waals surface area contributed by atoms with Crippen LogP contribution in [0.5, 0.6) is 0 Å². The summed E-state index contributed by atoms with van der Waals surface area (Å²) in [5.41, 5.74) is 0. The zero-order chi connectivity index (χ0) is 15.9. The lowest BCUT2D eigenvalue weighted by Gasteiger charge is -2.26. The van der Waals surface area contributed by atoms with E-state index in [1.165, 1.54) is 38.5 Å². The molecule has 2 N–H and O–H groups in total. The van der Waals surface area contributed by atoms with Gasteiger partial charge in [0.15, 0.2) is 5.82 Å². The highest BCUT2D eigenvalue weighted by Crippen LogP contribution is 2.14. The number of carbonyl (C=O) groups is 1. The van der Waals surface area contributed by atoms with Crippen molar-refractivity contribution in [1.82, 2.24) is 30.3 Å². The third kappa shape index (κ3) is 4.67. The highest BCUT2D eigenvalue weighted by atomic mass is 16.2. The quantitative estimate of drug-likeness (QED) is 0.857. The van der Waals surface area contributed by atoms with E-state index >= 15 is 0 Å². The molecule has 3 heterocycles. The van der Waals surface area contributed by atoms with Gasteiger partial charge in [0.25, 0.3) is 0 Å². The molecule has 1 aromatic heterocycles. The van der Waals surface area contributed by atoms with Gasteiger partial charge < -0.3 is 20.1 Å². The molecule has 3 rings (SSSR count). The van der Waals surface area contributed by atoms with Gasteiger partial charge in [-0.2, -0.15) is 0 Å². The summed E-state index contributed by atoms with van der Waals surface area (Å²) in [5.74, 6) is 1.93. The molecule has 0 saturated carbocycles. The Hall–Kier alpha value is -1.63. The highest BCUT2D eigenvalue weighted by molar-refractivity contribution is 5.73. The van der Waals surface area contributed by atoms with Crippen molar-refractivity contribution < 1.29 is 4.79 Å². The fraction of sp³-hybridized carbons (Fsp3) is 0.812. The lowest BCUT2D eigenvalue weighted by atomic mass is 10.1. The number of aryl methyl sites for hydroxylation is 1. The zero-order valence-electron chi connectivity index (χ0n) is 13.9. The van der Waals surface area contributed by atoms with Gasteiger partial charge in [-0.15, -0.1) is 10.2 Å². The molecule has 0 unspecified atom stereocenters. The number of hydrogen-bond acceptors (Lipinski definition) is 4. The third-order valence-corrected chi connectivity index (χ3v) is 4.76. The van der Waals surface area contributed by atoms with Gasteiger partial charge >= 0.3 is 6.03 Å². The van der Waals surface area contributed by atoms with Crippen molar-refractivity contribution in [2.45, 2.75) is 58.0 Å². The maximum atomic E-state index is 11.9. The first-order chi connectivity index (χ1) is 11.3. The van der Waals surface area contributed by atoms with Gasteiger partial charge in [0.05, 0.1) is 6.54 Å². The number of likely N-dealkylation sites (tertiary alicyclic amines) is 1. The number of nitrogens with one attached hydrogen (secondary N) is 2. The Kier molecular flexibility index (Phi) is 5.85. The third-order valence-electron chi connectivity index (χ3n) is 4.76. The van der Waals surface area contributed by atoms with E-state index in [1.807, 2.05) is 0 Å². The Labute approximate surface area is 137 Å². The summed E-state index contributed by atoms with van der Waals surface area (Å²) in [4.78, 5) is 14.3. The predicted molar refractivity (Wildman–Crippen MR) is 88.1 cm³/mol. The number of hydrogen-bond donors (Lipinski definition) is 2. The molecule has 128 valence electrons. The lowest BCUT2D eigenvalue weighted by molar-refractivity contribution is 0.220. The van der Waals surface area contributed by atoms with Crippen molar-refractivity contribution in [3.05, 3.63) is 11.6 Å². The van der Waals surface area contributed by atoms with Crippen LogP contribution in [0.2, 0.25) is 0 Å². The van der Waals surface area contributed by atoms with Gasteiger partial charge in [-0.3, -0.25) is 0 Å². The van der Waals surface area contributed by atoms with Crippen molar-refractivity contribution in [2.75, 3.05) is 26.2 Å². The summed E-state index contributed by atoms with van der Waals surface area (Å²) in [5, 5.41) is 14.3. The minimum atomic E-state index is -0.118. The molecule has 2 amide bonds. The maximum absolute atomic E-state index is 11.9. The number of rotatable bonds is 5. The van der Waals surface area contributed by atoms with Crippen LogP contribution in [0, 0.1) is 0 Å². The van der Waals surface area contributed by atoms with Gasteiger partial charge in [0.2, 0.25) is 0 Å². The van der Waals surface area contributed by atoms with E-state index in [-0.39, 0.29) is 6.03 Å². The number of nitrogens with zero attached hydrogens (tertiary/aromatic N) is 4. The SMILES string of the molecule is O=C(NCCN1CCCCC1)NCc1nnc2n1CCCCC2. The summed E-state index contributed by atoms with van der Waals surface area (Å²) in [6.45, 7) is 5.38. The first-order valence-electron chi connectivity index (χ1n) is 8.98. The van der Waals surface area contributed by atoms with Gasteiger partial charge in [0.1, 0.15) is 5.82 Å². The molecule has 0 spiro atoms. The Morgan fingerprint density at radius 1 is 0.957 bits per heavy atom. The minimum absolute atomic E-state index is 0.118. The average Bonchev–Trinajstić information content (AvgIpc) is 2.80. The smallest absolute Gasteiger partial charge is 0.315 e. The first-order valence-corrected chi connectivity index (χ1v) is 8.98. The van der Waals surface area contributed by atoms with E-state index in [9.17, 15) is 4.79 Å². The normalized spacial score (nSPS) is 19.0. The molecule has 2 aliphatic rings. The van der Waals surface area contributed by atoms with Crippen LogP contribution in [0.1, 0.15) is 50.2 Å².